The number of rotatable bonds is 7. The van der Waals surface area contributed by atoms with E-state index >= 15 is 0 Å². The molecule has 2 bridgehead atoms. The molecule has 1 spiro atoms. The third-order valence-corrected chi connectivity index (χ3v) is 10.0. The van der Waals surface area contributed by atoms with Crippen LogP contribution in [0.15, 0.2) is 24.4 Å². The Balaban J connectivity index is 1.03. The Hall–Kier alpha value is -2.41. The Morgan fingerprint density at radius 1 is 1.26 bits per heavy atom. The van der Waals surface area contributed by atoms with E-state index in [1.165, 1.54) is 32.1 Å². The van der Waals surface area contributed by atoms with Crippen LogP contribution in [0.3, 0.4) is 0 Å². The van der Waals surface area contributed by atoms with Crippen LogP contribution in [-0.4, -0.2) is 59.4 Å². The van der Waals surface area contributed by atoms with Crippen molar-refractivity contribution < 1.29 is 14.3 Å². The Kier molecular flexibility index (Phi) is 4.86. The zero-order chi connectivity index (χ0) is 23.8. The van der Waals surface area contributed by atoms with E-state index in [9.17, 15) is 9.59 Å². The number of hydrogen-bond donors (Lipinski definition) is 1. The highest BCUT2D eigenvalue weighted by molar-refractivity contribution is 5.93. The van der Waals surface area contributed by atoms with Gasteiger partial charge in [-0.1, -0.05) is 6.07 Å². The first kappa shape index (κ1) is 21.8. The molecular weight excluding hydrogens is 440 g/mol. The van der Waals surface area contributed by atoms with E-state index in [4.69, 9.17) is 4.74 Å². The Bertz CT molecular complexity index is 1190. The van der Waals surface area contributed by atoms with Gasteiger partial charge in [0.25, 0.3) is 5.91 Å². The number of fused-ring (bicyclic) bond motifs is 3. The topological polar surface area (TPSA) is 75.9 Å². The minimum atomic E-state index is -0.0359. The predicted octanol–water partition coefficient (Wildman–Crippen LogP) is 3.32. The highest BCUT2D eigenvalue weighted by atomic mass is 16.5. The summed E-state index contributed by atoms with van der Waals surface area (Å²) in [5.74, 6) is 3.34. The molecule has 1 N–H and O–H groups in total. The van der Waals surface area contributed by atoms with Crippen LogP contribution >= 0.6 is 0 Å². The second-order valence-corrected chi connectivity index (χ2v) is 12.4. The molecule has 5 aliphatic rings. The molecule has 2 aromatic heterocycles. The summed E-state index contributed by atoms with van der Waals surface area (Å²) >= 11 is 0. The summed E-state index contributed by atoms with van der Waals surface area (Å²) in [6, 6.07) is 5.65. The van der Waals surface area contributed by atoms with E-state index in [1.54, 1.807) is 7.11 Å². The molecule has 1 saturated heterocycles. The third kappa shape index (κ3) is 3.61. The number of methoxy groups -OCH3 is 1. The number of nitrogens with one attached hydrogen (secondary N) is 1. The molecule has 1 aliphatic heterocycles. The minimum absolute atomic E-state index is 0.0359. The van der Waals surface area contributed by atoms with Gasteiger partial charge < -0.3 is 15.0 Å². The maximum absolute atomic E-state index is 13.3. The average Bonchev–Trinajstić information content (AvgIpc) is 3.69. The number of aromatic nitrogens is 2. The van der Waals surface area contributed by atoms with Crippen molar-refractivity contribution in [3.63, 3.8) is 0 Å². The summed E-state index contributed by atoms with van der Waals surface area (Å²) in [4.78, 5) is 32.9. The van der Waals surface area contributed by atoms with E-state index < -0.39 is 0 Å². The van der Waals surface area contributed by atoms with Crippen LogP contribution in [-0.2, 0) is 16.0 Å². The monoisotopic (exact) mass is 476 g/mol. The average molecular weight is 477 g/mol. The van der Waals surface area contributed by atoms with E-state index in [0.29, 0.717) is 40.4 Å². The second kappa shape index (κ2) is 7.79. The molecule has 2 amide bonds. The number of pyridine rings is 1. The van der Waals surface area contributed by atoms with Crippen LogP contribution in [0, 0.1) is 34.5 Å². The van der Waals surface area contributed by atoms with Gasteiger partial charge in [-0.2, -0.15) is 0 Å². The lowest BCUT2D eigenvalue weighted by molar-refractivity contribution is -0.132. The SMILES string of the molecule is COCC1CCCN(C(=O)Cc2cn3c(C(=O)NCC45CC6CC6C6(CC6C4)C5)cccc3n2)C1. The van der Waals surface area contributed by atoms with Crippen molar-refractivity contribution in [2.45, 2.75) is 51.4 Å². The standard InChI is InChI=1S/C28H36N4O3/c1-35-15-18-4-3-7-31(13-18)25(33)9-21-14-32-23(5-2-6-24(32)30-21)26(34)29-17-27-10-19-8-22(19)28(16-27)12-20(28)11-27/h2,5-6,14,18-20,22H,3-4,7-13,15-17H2,1H3,(H,29,34). The number of imidazole rings is 1. The number of carbonyl (C=O) groups is 2. The fourth-order valence-electron chi connectivity index (χ4n) is 8.49. The van der Waals surface area contributed by atoms with Crippen molar-refractivity contribution in [2.24, 2.45) is 34.5 Å². The molecule has 186 valence electrons. The quantitative estimate of drug-likeness (QED) is 0.665. The van der Waals surface area contributed by atoms with Crippen molar-refractivity contribution in [3.8, 4) is 0 Å². The number of hydrogen-bond acceptors (Lipinski definition) is 4. The van der Waals surface area contributed by atoms with E-state index in [-0.39, 0.29) is 18.2 Å². The van der Waals surface area contributed by atoms with Gasteiger partial charge in [-0.25, -0.2) is 4.98 Å². The molecule has 6 atom stereocenters. The highest BCUT2D eigenvalue weighted by Crippen LogP contribution is 2.83. The van der Waals surface area contributed by atoms with Crippen LogP contribution in [0.1, 0.15) is 61.1 Å². The van der Waals surface area contributed by atoms with Gasteiger partial charge in [-0.15, -0.1) is 0 Å². The first-order chi connectivity index (χ1) is 17.0. The van der Waals surface area contributed by atoms with Gasteiger partial charge in [0.2, 0.25) is 5.91 Å². The lowest BCUT2D eigenvalue weighted by atomic mass is 9.71. The molecule has 7 heteroatoms. The van der Waals surface area contributed by atoms with E-state index in [1.807, 2.05) is 33.7 Å². The van der Waals surface area contributed by atoms with Crippen molar-refractivity contribution in [2.75, 3.05) is 33.4 Å². The first-order valence-electron chi connectivity index (χ1n) is 13.5. The minimum Gasteiger partial charge on any atom is -0.384 e. The Labute approximate surface area is 206 Å². The van der Waals surface area contributed by atoms with Crippen LogP contribution in [0.4, 0.5) is 0 Å². The molecule has 0 aromatic carbocycles. The van der Waals surface area contributed by atoms with Crippen molar-refractivity contribution in [3.05, 3.63) is 35.8 Å². The van der Waals surface area contributed by atoms with Gasteiger partial charge >= 0.3 is 0 Å². The first-order valence-corrected chi connectivity index (χ1v) is 13.5. The summed E-state index contributed by atoms with van der Waals surface area (Å²) in [5, 5.41) is 3.30. The highest BCUT2D eigenvalue weighted by Gasteiger charge is 2.76. The molecule has 2 aromatic rings. The van der Waals surface area contributed by atoms with Crippen molar-refractivity contribution in [1.29, 1.82) is 0 Å². The van der Waals surface area contributed by atoms with Crippen molar-refractivity contribution in [1.82, 2.24) is 19.6 Å². The molecule has 4 saturated carbocycles. The molecule has 7 rings (SSSR count). The maximum atomic E-state index is 13.3. The molecule has 7 nitrogen and oxygen atoms in total. The molecule has 0 radical (unpaired) electrons. The molecule has 5 fully saturated rings. The predicted molar refractivity (Wildman–Crippen MR) is 131 cm³/mol. The molecule has 35 heavy (non-hydrogen) atoms. The second-order valence-electron chi connectivity index (χ2n) is 12.4. The zero-order valence-corrected chi connectivity index (χ0v) is 20.7. The smallest absolute Gasteiger partial charge is 0.268 e. The van der Waals surface area contributed by atoms with Gasteiger partial charge in [0.15, 0.2) is 0 Å². The van der Waals surface area contributed by atoms with Crippen LogP contribution < -0.4 is 5.32 Å². The lowest BCUT2D eigenvalue weighted by Crippen LogP contribution is -2.41. The van der Waals surface area contributed by atoms with Gasteiger partial charge in [0.1, 0.15) is 11.3 Å². The number of ether oxygens (including phenoxy) is 1. The number of likely N-dealkylation sites (tertiary alicyclic amines) is 1. The fraction of sp³-hybridized carbons (Fsp3) is 0.679. The summed E-state index contributed by atoms with van der Waals surface area (Å²) < 4.78 is 7.15. The molecular formula is C28H36N4O3. The largest absolute Gasteiger partial charge is 0.384 e. The van der Waals surface area contributed by atoms with Gasteiger partial charge in [-0.3, -0.25) is 14.0 Å². The number of piperidine rings is 1. The summed E-state index contributed by atoms with van der Waals surface area (Å²) in [5.41, 5.74) is 3.02. The summed E-state index contributed by atoms with van der Waals surface area (Å²) in [6.45, 7) is 3.03. The maximum Gasteiger partial charge on any atom is 0.268 e. The Morgan fingerprint density at radius 2 is 2.17 bits per heavy atom. The van der Waals surface area contributed by atoms with Gasteiger partial charge in [-0.05, 0) is 91.6 Å². The van der Waals surface area contributed by atoms with Gasteiger partial charge in [0.05, 0.1) is 18.7 Å². The van der Waals surface area contributed by atoms with Gasteiger partial charge in [0, 0.05) is 32.9 Å². The van der Waals surface area contributed by atoms with Crippen LogP contribution in [0.25, 0.3) is 5.65 Å². The number of amides is 2. The van der Waals surface area contributed by atoms with Crippen molar-refractivity contribution >= 4 is 17.5 Å². The normalized spacial score (nSPS) is 36.5. The van der Waals surface area contributed by atoms with Crippen LogP contribution in [0.2, 0.25) is 0 Å². The molecule has 4 aliphatic carbocycles. The van der Waals surface area contributed by atoms with E-state index in [2.05, 4.69) is 10.3 Å². The Morgan fingerprint density at radius 3 is 3.06 bits per heavy atom. The summed E-state index contributed by atoms with van der Waals surface area (Å²) in [6.07, 6.45) is 11.1. The lowest BCUT2D eigenvalue weighted by Gasteiger charge is -2.36. The number of nitrogens with zero attached hydrogens (tertiary/aromatic N) is 3. The molecule has 6 unspecified atom stereocenters. The zero-order valence-electron chi connectivity index (χ0n) is 20.7. The fourth-order valence-corrected chi connectivity index (χ4v) is 8.49. The van der Waals surface area contributed by atoms with E-state index in [0.717, 1.165) is 50.2 Å². The summed E-state index contributed by atoms with van der Waals surface area (Å²) in [7, 11) is 1.72. The molecule has 3 heterocycles. The van der Waals surface area contributed by atoms with Crippen LogP contribution in [0.5, 0.6) is 0 Å². The number of carbonyl (C=O) groups excluding carboxylic acids is 2. The third-order valence-electron chi connectivity index (χ3n) is 10.0.